The Morgan fingerprint density at radius 2 is 1.81 bits per heavy atom. The summed E-state index contributed by atoms with van der Waals surface area (Å²) in [7, 11) is 0. The second kappa shape index (κ2) is 5.67. The highest BCUT2D eigenvalue weighted by molar-refractivity contribution is 7.16. The van der Waals surface area contributed by atoms with Crippen molar-refractivity contribution in [1.82, 2.24) is 14.5 Å². The average Bonchev–Trinajstić information content (AvgIpc) is 3.33. The zero-order chi connectivity index (χ0) is 17.8. The van der Waals surface area contributed by atoms with Gasteiger partial charge < -0.3 is 4.57 Å². The van der Waals surface area contributed by atoms with Gasteiger partial charge >= 0.3 is 0 Å². The van der Waals surface area contributed by atoms with E-state index in [9.17, 15) is 13.2 Å². The van der Waals surface area contributed by atoms with Crippen molar-refractivity contribution in [3.8, 4) is 22.5 Å². The fourth-order valence-electron chi connectivity index (χ4n) is 3.51. The second-order valence-corrected chi connectivity index (χ2v) is 7.16. The third kappa shape index (κ3) is 2.27. The number of imidazole rings is 1. The molecule has 2 aromatic heterocycles. The van der Waals surface area contributed by atoms with Gasteiger partial charge in [-0.25, -0.2) is 23.1 Å². The molecule has 5 rings (SSSR count). The number of rotatable bonds is 2. The molecular weight excluding hydrogens is 359 g/mol. The topological polar surface area (TPSA) is 30.7 Å². The molecular formula is C19H12F3N3S. The van der Waals surface area contributed by atoms with Crippen LogP contribution in [0.2, 0.25) is 0 Å². The Morgan fingerprint density at radius 3 is 2.62 bits per heavy atom. The Labute approximate surface area is 150 Å². The molecule has 26 heavy (non-hydrogen) atoms. The van der Waals surface area contributed by atoms with Crippen molar-refractivity contribution in [2.45, 2.75) is 19.4 Å². The summed E-state index contributed by atoms with van der Waals surface area (Å²) >= 11 is 1.53. The van der Waals surface area contributed by atoms with Gasteiger partial charge in [-0.1, -0.05) is 6.07 Å². The zero-order valence-electron chi connectivity index (χ0n) is 13.5. The van der Waals surface area contributed by atoms with Crippen molar-refractivity contribution in [1.29, 1.82) is 0 Å². The van der Waals surface area contributed by atoms with Gasteiger partial charge in [-0.2, -0.15) is 0 Å². The fraction of sp³-hybridized carbons (Fsp3) is 0.158. The molecule has 3 heterocycles. The number of fused-ring (bicyclic) bond motifs is 2. The minimum Gasteiger partial charge on any atom is -0.327 e. The van der Waals surface area contributed by atoms with Crippen LogP contribution in [0.3, 0.4) is 0 Å². The highest BCUT2D eigenvalue weighted by Crippen LogP contribution is 2.37. The Balaban J connectivity index is 1.77. The van der Waals surface area contributed by atoms with Gasteiger partial charge in [-0.15, -0.1) is 11.3 Å². The lowest BCUT2D eigenvalue weighted by Gasteiger charge is -2.09. The van der Waals surface area contributed by atoms with Gasteiger partial charge in [-0.3, -0.25) is 0 Å². The maximum absolute atomic E-state index is 13.8. The number of thiazole rings is 1. The first-order valence-electron chi connectivity index (χ1n) is 8.20. The molecule has 0 N–H and O–H groups in total. The lowest BCUT2D eigenvalue weighted by Crippen LogP contribution is -1.97. The predicted molar refractivity (Wildman–Crippen MR) is 94.5 cm³/mol. The van der Waals surface area contributed by atoms with Crippen LogP contribution in [0.15, 0.2) is 35.8 Å². The van der Waals surface area contributed by atoms with Crippen LogP contribution in [0.1, 0.15) is 12.2 Å². The van der Waals surface area contributed by atoms with E-state index in [0.717, 1.165) is 58.8 Å². The number of aromatic nitrogens is 3. The van der Waals surface area contributed by atoms with E-state index in [1.54, 1.807) is 5.51 Å². The number of halogens is 3. The average molecular weight is 371 g/mol. The summed E-state index contributed by atoms with van der Waals surface area (Å²) in [5.41, 5.74) is 5.10. The summed E-state index contributed by atoms with van der Waals surface area (Å²) in [5.74, 6) is -3.01. The van der Waals surface area contributed by atoms with Crippen LogP contribution in [0.4, 0.5) is 13.2 Å². The Morgan fingerprint density at radius 1 is 1.00 bits per heavy atom. The molecule has 0 fully saturated rings. The van der Waals surface area contributed by atoms with E-state index in [1.807, 2.05) is 18.2 Å². The van der Waals surface area contributed by atoms with Gasteiger partial charge in [-0.05, 0) is 30.7 Å². The molecule has 0 unspecified atom stereocenters. The van der Waals surface area contributed by atoms with Crippen molar-refractivity contribution >= 4 is 21.6 Å². The van der Waals surface area contributed by atoms with Crippen molar-refractivity contribution in [3.05, 3.63) is 59.1 Å². The smallest absolute Gasteiger partial charge is 0.194 e. The molecule has 0 amide bonds. The summed E-state index contributed by atoms with van der Waals surface area (Å²) in [5, 5.41) is 0. The third-order valence-electron chi connectivity index (χ3n) is 4.69. The van der Waals surface area contributed by atoms with E-state index in [4.69, 9.17) is 0 Å². The molecule has 0 atom stereocenters. The summed E-state index contributed by atoms with van der Waals surface area (Å²) in [6.07, 6.45) is 1.78. The van der Waals surface area contributed by atoms with Crippen LogP contribution in [0, 0.1) is 17.5 Å². The van der Waals surface area contributed by atoms with E-state index in [0.29, 0.717) is 5.69 Å². The molecule has 3 nitrogen and oxygen atoms in total. The molecule has 0 saturated carbocycles. The molecule has 0 saturated heterocycles. The van der Waals surface area contributed by atoms with E-state index >= 15 is 0 Å². The standard InChI is InChI=1S/C19H12F3N3S/c20-12-6-11(7-13(21)17(12)22)18-19(25-5-1-2-16(25)24-18)10-3-4-14-15(8-10)26-9-23-14/h3-4,6-9H,1-2,5H2. The van der Waals surface area contributed by atoms with Crippen molar-refractivity contribution in [2.75, 3.05) is 0 Å². The highest BCUT2D eigenvalue weighted by atomic mass is 32.1. The minimum absolute atomic E-state index is 0.239. The predicted octanol–water partition coefficient (Wildman–Crippen LogP) is 5.19. The fourth-order valence-corrected chi connectivity index (χ4v) is 4.23. The number of hydrogen-bond donors (Lipinski definition) is 0. The first-order valence-corrected chi connectivity index (χ1v) is 9.08. The highest BCUT2D eigenvalue weighted by Gasteiger charge is 2.25. The van der Waals surface area contributed by atoms with Crippen LogP contribution < -0.4 is 0 Å². The monoisotopic (exact) mass is 371 g/mol. The zero-order valence-corrected chi connectivity index (χ0v) is 14.3. The largest absolute Gasteiger partial charge is 0.327 e. The van der Waals surface area contributed by atoms with Gasteiger partial charge in [0.25, 0.3) is 0 Å². The summed E-state index contributed by atoms with van der Waals surface area (Å²) in [6.45, 7) is 0.796. The van der Waals surface area contributed by atoms with Crippen molar-refractivity contribution < 1.29 is 13.2 Å². The number of benzene rings is 2. The van der Waals surface area contributed by atoms with Crippen LogP contribution in [-0.4, -0.2) is 14.5 Å². The van der Waals surface area contributed by atoms with Crippen LogP contribution >= 0.6 is 11.3 Å². The van der Waals surface area contributed by atoms with Crippen LogP contribution in [-0.2, 0) is 13.0 Å². The SMILES string of the molecule is Fc1cc(-c2nc3n(c2-c2ccc4ncsc4c2)CCC3)cc(F)c1F. The van der Waals surface area contributed by atoms with E-state index in [2.05, 4.69) is 14.5 Å². The molecule has 2 aromatic carbocycles. The van der Waals surface area contributed by atoms with Gasteiger partial charge in [0.15, 0.2) is 17.5 Å². The lowest BCUT2D eigenvalue weighted by molar-refractivity contribution is 0.447. The van der Waals surface area contributed by atoms with E-state index in [1.165, 1.54) is 11.3 Å². The van der Waals surface area contributed by atoms with E-state index < -0.39 is 17.5 Å². The summed E-state index contributed by atoms with van der Waals surface area (Å²) in [6, 6.07) is 7.88. The van der Waals surface area contributed by atoms with Crippen molar-refractivity contribution in [3.63, 3.8) is 0 Å². The second-order valence-electron chi connectivity index (χ2n) is 6.27. The first-order chi connectivity index (χ1) is 12.6. The Bertz CT molecular complexity index is 1140. The quantitative estimate of drug-likeness (QED) is 0.454. The van der Waals surface area contributed by atoms with Crippen molar-refractivity contribution in [2.24, 2.45) is 0 Å². The summed E-state index contributed by atoms with van der Waals surface area (Å²) < 4.78 is 44.0. The number of nitrogens with zero attached hydrogens (tertiary/aromatic N) is 3. The molecule has 1 aliphatic rings. The maximum atomic E-state index is 13.8. The lowest BCUT2D eigenvalue weighted by atomic mass is 10.0. The molecule has 0 spiro atoms. The normalized spacial score (nSPS) is 13.5. The molecule has 130 valence electrons. The molecule has 0 bridgehead atoms. The van der Waals surface area contributed by atoms with Gasteiger partial charge in [0.2, 0.25) is 0 Å². The summed E-state index contributed by atoms with van der Waals surface area (Å²) in [4.78, 5) is 8.89. The minimum atomic E-state index is -1.46. The van der Waals surface area contributed by atoms with Gasteiger partial charge in [0.05, 0.1) is 27.1 Å². The van der Waals surface area contributed by atoms with Gasteiger partial charge in [0.1, 0.15) is 5.82 Å². The van der Waals surface area contributed by atoms with Gasteiger partial charge in [0, 0.05) is 24.1 Å². The molecule has 0 radical (unpaired) electrons. The maximum Gasteiger partial charge on any atom is 0.194 e. The van der Waals surface area contributed by atoms with E-state index in [-0.39, 0.29) is 5.56 Å². The number of aryl methyl sites for hydroxylation is 1. The molecule has 4 aromatic rings. The molecule has 0 aliphatic carbocycles. The first kappa shape index (κ1) is 15.6. The molecule has 1 aliphatic heterocycles. The Kier molecular flexibility index (Phi) is 3.40. The van der Waals surface area contributed by atoms with Crippen LogP contribution in [0.25, 0.3) is 32.7 Å². The molecule has 7 heteroatoms. The third-order valence-corrected chi connectivity index (χ3v) is 5.48. The Hall–Kier alpha value is -2.67. The van der Waals surface area contributed by atoms with Crippen LogP contribution in [0.5, 0.6) is 0 Å². The number of hydrogen-bond acceptors (Lipinski definition) is 3.